The average molecular weight is 303 g/mol. The van der Waals surface area contributed by atoms with Gasteiger partial charge in [-0.15, -0.1) is 0 Å². The van der Waals surface area contributed by atoms with Gasteiger partial charge in [-0.3, -0.25) is 4.90 Å². The van der Waals surface area contributed by atoms with Crippen LogP contribution in [0.1, 0.15) is 25.8 Å². The Balaban J connectivity index is 1.67. The number of anilines is 2. The van der Waals surface area contributed by atoms with Gasteiger partial charge in [-0.2, -0.15) is 0 Å². The maximum Gasteiger partial charge on any atom is 0.0668 e. The average Bonchev–Trinajstić information content (AvgIpc) is 2.99. The summed E-state index contributed by atoms with van der Waals surface area (Å²) >= 11 is 0. The Bertz CT molecular complexity index is 489. The fraction of sp³-hybridized carbons (Fsp3) is 0.667. The molecule has 0 saturated carbocycles. The number of hydrogen-bond acceptors (Lipinski definition) is 4. The Kier molecular flexibility index (Phi) is 4.89. The van der Waals surface area contributed by atoms with E-state index in [-0.39, 0.29) is 0 Å². The first-order chi connectivity index (χ1) is 10.6. The SMILES string of the molecule is Cc1cc(N[C@@H]2CCOC2)cc(N2CCN(C(C)C)CC2)c1. The van der Waals surface area contributed by atoms with Gasteiger partial charge in [-0.25, -0.2) is 0 Å². The topological polar surface area (TPSA) is 27.7 Å². The quantitative estimate of drug-likeness (QED) is 0.925. The van der Waals surface area contributed by atoms with E-state index in [1.807, 2.05) is 0 Å². The van der Waals surface area contributed by atoms with E-state index >= 15 is 0 Å². The third-order valence-corrected chi connectivity index (χ3v) is 4.77. The van der Waals surface area contributed by atoms with Crippen LogP contribution in [-0.2, 0) is 4.74 Å². The Morgan fingerprint density at radius 2 is 1.91 bits per heavy atom. The van der Waals surface area contributed by atoms with Crippen LogP contribution in [0.4, 0.5) is 11.4 Å². The normalized spacial score (nSPS) is 23.3. The molecule has 4 nitrogen and oxygen atoms in total. The van der Waals surface area contributed by atoms with Crippen LogP contribution >= 0.6 is 0 Å². The minimum atomic E-state index is 0.465. The summed E-state index contributed by atoms with van der Waals surface area (Å²) in [6.45, 7) is 13.0. The second-order valence-electron chi connectivity index (χ2n) is 6.88. The molecule has 2 aliphatic rings. The number of aryl methyl sites for hydroxylation is 1. The van der Waals surface area contributed by atoms with E-state index in [2.05, 4.69) is 54.1 Å². The molecule has 0 unspecified atom stereocenters. The Morgan fingerprint density at radius 3 is 2.55 bits per heavy atom. The second kappa shape index (κ2) is 6.88. The van der Waals surface area contributed by atoms with Gasteiger partial charge in [0.1, 0.15) is 0 Å². The molecule has 22 heavy (non-hydrogen) atoms. The maximum atomic E-state index is 5.46. The van der Waals surface area contributed by atoms with Gasteiger partial charge in [0.25, 0.3) is 0 Å². The molecule has 2 aliphatic heterocycles. The molecule has 2 heterocycles. The molecule has 2 saturated heterocycles. The van der Waals surface area contributed by atoms with Crippen LogP contribution in [0.15, 0.2) is 18.2 Å². The molecule has 1 aromatic rings. The number of rotatable bonds is 4. The molecular formula is C18H29N3O. The molecule has 0 aliphatic carbocycles. The van der Waals surface area contributed by atoms with E-state index < -0.39 is 0 Å². The lowest BCUT2D eigenvalue weighted by Gasteiger charge is -2.38. The van der Waals surface area contributed by atoms with Crippen LogP contribution in [0.5, 0.6) is 0 Å². The van der Waals surface area contributed by atoms with Crippen molar-refractivity contribution in [1.29, 1.82) is 0 Å². The Labute approximate surface area is 134 Å². The predicted octanol–water partition coefficient (Wildman–Crippen LogP) is 2.73. The second-order valence-corrected chi connectivity index (χ2v) is 6.88. The summed E-state index contributed by atoms with van der Waals surface area (Å²) in [6.07, 6.45) is 1.11. The zero-order valence-electron chi connectivity index (χ0n) is 14.1. The fourth-order valence-corrected chi connectivity index (χ4v) is 3.41. The molecular weight excluding hydrogens is 274 g/mol. The molecule has 2 fully saturated rings. The third kappa shape index (κ3) is 3.73. The molecule has 1 aromatic carbocycles. The molecule has 0 amide bonds. The molecule has 0 aromatic heterocycles. The first-order valence-corrected chi connectivity index (χ1v) is 8.57. The summed E-state index contributed by atoms with van der Waals surface area (Å²) < 4.78 is 5.46. The monoisotopic (exact) mass is 303 g/mol. The Morgan fingerprint density at radius 1 is 1.14 bits per heavy atom. The van der Waals surface area contributed by atoms with Crippen molar-refractivity contribution in [1.82, 2.24) is 4.90 Å². The van der Waals surface area contributed by atoms with Crippen LogP contribution in [-0.4, -0.2) is 56.4 Å². The Hall–Kier alpha value is -1.26. The van der Waals surface area contributed by atoms with Crippen molar-refractivity contribution in [3.05, 3.63) is 23.8 Å². The van der Waals surface area contributed by atoms with Crippen molar-refractivity contribution >= 4 is 11.4 Å². The number of nitrogens with one attached hydrogen (secondary N) is 1. The highest BCUT2D eigenvalue weighted by Crippen LogP contribution is 2.25. The molecule has 122 valence electrons. The first-order valence-electron chi connectivity index (χ1n) is 8.57. The van der Waals surface area contributed by atoms with Crippen molar-refractivity contribution < 1.29 is 4.74 Å². The van der Waals surface area contributed by atoms with Crippen molar-refractivity contribution in [3.63, 3.8) is 0 Å². The third-order valence-electron chi connectivity index (χ3n) is 4.77. The first kappa shape index (κ1) is 15.6. The van der Waals surface area contributed by atoms with Crippen molar-refractivity contribution in [2.75, 3.05) is 49.6 Å². The summed E-state index contributed by atoms with van der Waals surface area (Å²) in [6, 6.07) is 7.97. The fourth-order valence-electron chi connectivity index (χ4n) is 3.41. The molecule has 4 heteroatoms. The van der Waals surface area contributed by atoms with Gasteiger partial charge in [-0.05, 0) is 51.0 Å². The molecule has 1 atom stereocenters. The van der Waals surface area contributed by atoms with Gasteiger partial charge < -0.3 is 15.0 Å². The molecule has 0 radical (unpaired) electrons. The lowest BCUT2D eigenvalue weighted by atomic mass is 10.1. The van der Waals surface area contributed by atoms with Crippen LogP contribution < -0.4 is 10.2 Å². The van der Waals surface area contributed by atoms with E-state index in [1.54, 1.807) is 0 Å². The molecule has 1 N–H and O–H groups in total. The number of piperazine rings is 1. The number of hydrogen-bond donors (Lipinski definition) is 1. The summed E-state index contributed by atoms with van der Waals surface area (Å²) in [5.41, 5.74) is 3.91. The number of ether oxygens (including phenoxy) is 1. The van der Waals surface area contributed by atoms with Gasteiger partial charge in [0.05, 0.1) is 12.6 Å². The number of nitrogens with zero attached hydrogens (tertiary/aromatic N) is 2. The summed E-state index contributed by atoms with van der Waals surface area (Å²) in [5.74, 6) is 0. The summed E-state index contributed by atoms with van der Waals surface area (Å²) in [4.78, 5) is 5.07. The van der Waals surface area contributed by atoms with Crippen LogP contribution in [0.25, 0.3) is 0 Å². The van der Waals surface area contributed by atoms with E-state index in [0.29, 0.717) is 12.1 Å². The smallest absolute Gasteiger partial charge is 0.0668 e. The minimum absolute atomic E-state index is 0.465. The summed E-state index contributed by atoms with van der Waals surface area (Å²) in [5, 5.41) is 3.63. The van der Waals surface area contributed by atoms with Crippen LogP contribution in [0.2, 0.25) is 0 Å². The van der Waals surface area contributed by atoms with E-state index in [1.165, 1.54) is 16.9 Å². The van der Waals surface area contributed by atoms with Crippen molar-refractivity contribution in [2.24, 2.45) is 0 Å². The van der Waals surface area contributed by atoms with Gasteiger partial charge >= 0.3 is 0 Å². The minimum Gasteiger partial charge on any atom is -0.380 e. The largest absolute Gasteiger partial charge is 0.380 e. The molecule has 0 spiro atoms. The van der Waals surface area contributed by atoms with E-state index in [0.717, 1.165) is 45.8 Å². The summed E-state index contributed by atoms with van der Waals surface area (Å²) in [7, 11) is 0. The van der Waals surface area contributed by atoms with E-state index in [9.17, 15) is 0 Å². The van der Waals surface area contributed by atoms with Gasteiger partial charge in [0.2, 0.25) is 0 Å². The maximum absolute atomic E-state index is 5.46. The molecule has 3 rings (SSSR count). The number of benzene rings is 1. The van der Waals surface area contributed by atoms with E-state index in [4.69, 9.17) is 4.74 Å². The standard InChI is InChI=1S/C18H29N3O/c1-14(2)20-5-7-21(8-6-20)18-11-15(3)10-17(12-18)19-16-4-9-22-13-16/h10-12,14,16,19H,4-9,13H2,1-3H3/t16-/m1/s1. The highest BCUT2D eigenvalue weighted by molar-refractivity contribution is 5.61. The van der Waals surface area contributed by atoms with Gasteiger partial charge in [-0.1, -0.05) is 0 Å². The zero-order chi connectivity index (χ0) is 15.5. The van der Waals surface area contributed by atoms with Crippen molar-refractivity contribution in [3.8, 4) is 0 Å². The highest BCUT2D eigenvalue weighted by Gasteiger charge is 2.20. The van der Waals surface area contributed by atoms with Gasteiger partial charge in [0.15, 0.2) is 0 Å². The van der Waals surface area contributed by atoms with Crippen LogP contribution in [0, 0.1) is 6.92 Å². The molecule has 0 bridgehead atoms. The highest BCUT2D eigenvalue weighted by atomic mass is 16.5. The lowest BCUT2D eigenvalue weighted by Crippen LogP contribution is -2.48. The zero-order valence-corrected chi connectivity index (χ0v) is 14.1. The van der Waals surface area contributed by atoms with Crippen LogP contribution in [0.3, 0.4) is 0 Å². The van der Waals surface area contributed by atoms with Crippen molar-refractivity contribution in [2.45, 2.75) is 39.3 Å². The lowest BCUT2D eigenvalue weighted by molar-refractivity contribution is 0.195. The van der Waals surface area contributed by atoms with Gasteiger partial charge in [0, 0.05) is 50.2 Å². The predicted molar refractivity (Wildman–Crippen MR) is 92.9 cm³/mol.